The summed E-state index contributed by atoms with van der Waals surface area (Å²) < 4.78 is 20.8. The molecule has 0 bridgehead atoms. The Labute approximate surface area is 270 Å². The maximum Gasteiger partial charge on any atom is 0.519 e. The molecule has 5 aliphatic rings. The molecule has 46 heavy (non-hydrogen) atoms. The number of fused-ring (bicyclic) bond motifs is 7. The fraction of sp³-hybridized carbons (Fsp3) is 0.778. The van der Waals surface area contributed by atoms with Gasteiger partial charge in [-0.05, 0) is 111 Å². The van der Waals surface area contributed by atoms with E-state index >= 15 is 0 Å². The van der Waals surface area contributed by atoms with Gasteiger partial charge in [-0.1, -0.05) is 40.2 Å². The molecule has 254 valence electrons. The lowest BCUT2D eigenvalue weighted by Crippen LogP contribution is -2.67. The Bertz CT molecular complexity index is 1540. The number of aryl methyl sites for hydroxylation is 1. The lowest BCUT2D eigenvalue weighted by Gasteiger charge is -2.70. The summed E-state index contributed by atoms with van der Waals surface area (Å²) in [5.41, 5.74) is -1.52. The fourth-order valence-electron chi connectivity index (χ4n) is 11.4. The predicted molar refractivity (Wildman–Crippen MR) is 166 cm³/mol. The Morgan fingerprint density at radius 1 is 0.957 bits per heavy atom. The van der Waals surface area contributed by atoms with Crippen molar-refractivity contribution < 1.29 is 42.9 Å². The molecule has 4 fully saturated rings. The molecule has 4 saturated carbocycles. The Morgan fingerprint density at radius 3 is 2.28 bits per heavy atom. The summed E-state index contributed by atoms with van der Waals surface area (Å²) >= 11 is 0. The highest BCUT2D eigenvalue weighted by atomic mass is 16.7. The maximum absolute atomic E-state index is 14.6. The molecule has 1 unspecified atom stereocenters. The van der Waals surface area contributed by atoms with Crippen molar-refractivity contribution in [1.82, 2.24) is 0 Å². The average molecular weight is 643 g/mol. The van der Waals surface area contributed by atoms with Crippen LogP contribution in [-0.2, 0) is 25.7 Å². The van der Waals surface area contributed by atoms with Gasteiger partial charge < -0.3 is 28.5 Å². The number of rotatable bonds is 5. The molecule has 0 amide bonds. The van der Waals surface area contributed by atoms with E-state index in [1.54, 1.807) is 0 Å². The average Bonchev–Trinajstić information content (AvgIpc) is 3.31. The summed E-state index contributed by atoms with van der Waals surface area (Å²) in [6, 6.07) is 0. The van der Waals surface area contributed by atoms with Gasteiger partial charge in [-0.25, -0.2) is 9.59 Å². The van der Waals surface area contributed by atoms with Gasteiger partial charge in [0.1, 0.15) is 6.10 Å². The number of hydrogen-bond donors (Lipinski definition) is 2. The topological polar surface area (TPSA) is 153 Å². The third-order valence-electron chi connectivity index (χ3n) is 14.6. The van der Waals surface area contributed by atoms with Crippen LogP contribution in [0.3, 0.4) is 0 Å². The van der Waals surface area contributed by atoms with Crippen LogP contribution in [0.5, 0.6) is 0 Å². The highest BCUT2D eigenvalue weighted by Crippen LogP contribution is 2.75. The molecule has 1 aromatic heterocycles. The third-order valence-corrected chi connectivity index (χ3v) is 14.6. The standard InChI is InChI=1S/C36H50O10/c1-20-24(45-30(42)44-20)18-43-29(41)46-26-9-10-33(4)25(34(26,5)19-37)8-11-36(7)27(33)23(38)16-21-22-17-32(3,28(39)40)13-12-31(22,2)14-15-35(21,36)6/h16,22,25-27,37H,8-15,17-19H2,1-7H3,(H,39,40)/t22-,25?,26-,27+,31+,32-,33-,34-,35+,36+/m0/s1. The molecule has 0 spiro atoms. The van der Waals surface area contributed by atoms with Gasteiger partial charge in [-0.15, -0.1) is 0 Å². The molecule has 0 aliphatic heterocycles. The van der Waals surface area contributed by atoms with Crippen LogP contribution >= 0.6 is 0 Å². The van der Waals surface area contributed by atoms with Gasteiger partial charge in [-0.3, -0.25) is 9.59 Å². The molecule has 1 aromatic rings. The van der Waals surface area contributed by atoms with Crippen LogP contribution in [0, 0.1) is 57.2 Å². The minimum Gasteiger partial charge on any atom is -0.481 e. The summed E-state index contributed by atoms with van der Waals surface area (Å²) in [6.07, 6.45) is 7.04. The van der Waals surface area contributed by atoms with Gasteiger partial charge in [0.25, 0.3) is 0 Å². The van der Waals surface area contributed by atoms with Crippen molar-refractivity contribution in [2.75, 3.05) is 6.61 Å². The van der Waals surface area contributed by atoms with Crippen LogP contribution < -0.4 is 5.82 Å². The number of carboxylic acids is 1. The van der Waals surface area contributed by atoms with E-state index in [4.69, 9.17) is 18.3 Å². The Kier molecular flexibility index (Phi) is 7.58. The number of aliphatic hydroxyl groups excluding tert-OH is 1. The predicted octanol–water partition coefficient (Wildman–Crippen LogP) is 6.60. The van der Waals surface area contributed by atoms with Crippen LogP contribution in [-0.4, -0.2) is 40.8 Å². The zero-order chi connectivity index (χ0) is 33.7. The van der Waals surface area contributed by atoms with Crippen LogP contribution in [0.15, 0.2) is 25.3 Å². The normalized spacial score (nSPS) is 45.0. The lowest BCUT2D eigenvalue weighted by atomic mass is 9.33. The minimum absolute atomic E-state index is 0.0218. The van der Waals surface area contributed by atoms with Crippen LogP contribution in [0.25, 0.3) is 0 Å². The first-order valence-corrected chi connectivity index (χ1v) is 16.9. The largest absolute Gasteiger partial charge is 0.519 e. The second-order valence-corrected chi connectivity index (χ2v) is 16.8. The summed E-state index contributed by atoms with van der Waals surface area (Å²) in [7, 11) is 0. The second-order valence-electron chi connectivity index (χ2n) is 16.8. The molecule has 5 aliphatic carbocycles. The molecular formula is C36H50O10. The number of allylic oxidation sites excluding steroid dienone is 2. The molecule has 10 nitrogen and oxygen atoms in total. The number of carbonyl (C=O) groups is 3. The second kappa shape index (κ2) is 10.6. The summed E-state index contributed by atoms with van der Waals surface area (Å²) in [5.74, 6) is -1.51. The lowest BCUT2D eigenvalue weighted by molar-refractivity contribution is -0.215. The van der Waals surface area contributed by atoms with E-state index in [9.17, 15) is 29.4 Å². The van der Waals surface area contributed by atoms with Gasteiger partial charge in [-0.2, -0.15) is 0 Å². The number of aliphatic carboxylic acids is 1. The third kappa shape index (κ3) is 4.51. The molecule has 0 aromatic carbocycles. The highest BCUT2D eigenvalue weighted by Gasteiger charge is 2.71. The van der Waals surface area contributed by atoms with E-state index in [1.165, 1.54) is 6.92 Å². The zero-order valence-corrected chi connectivity index (χ0v) is 28.3. The molecule has 10 atom stereocenters. The molecule has 1 heterocycles. The molecule has 2 N–H and O–H groups in total. The first-order valence-electron chi connectivity index (χ1n) is 16.9. The number of carbonyl (C=O) groups excluding carboxylic acids is 2. The number of ether oxygens (including phenoxy) is 2. The summed E-state index contributed by atoms with van der Waals surface area (Å²) in [5, 5.41) is 21.1. The SMILES string of the molecule is Cc1oc(=O)oc1COC(=O)O[C@H]1CC[C@@]2(C)C(CC[C@]3(C)[C@@H]2C(=O)C=C2[C@@H]4C[C@@](C)(C(=O)O)CC[C@]4(C)CC[C@]23C)[C@]1(C)CO. The summed E-state index contributed by atoms with van der Waals surface area (Å²) in [4.78, 5) is 51.1. The first-order chi connectivity index (χ1) is 21.4. The number of aliphatic hydroxyl groups is 1. The molecule has 0 radical (unpaired) electrons. The Hall–Kier alpha value is -2.88. The van der Waals surface area contributed by atoms with Crippen LogP contribution in [0.2, 0.25) is 0 Å². The molecule has 0 saturated heterocycles. The highest BCUT2D eigenvalue weighted by molar-refractivity contribution is 5.95. The van der Waals surface area contributed by atoms with Crippen molar-refractivity contribution >= 4 is 17.9 Å². The first kappa shape index (κ1) is 33.0. The van der Waals surface area contributed by atoms with Gasteiger partial charge in [0, 0.05) is 11.3 Å². The molecular weight excluding hydrogens is 592 g/mol. The van der Waals surface area contributed by atoms with Gasteiger partial charge in [0.15, 0.2) is 23.9 Å². The zero-order valence-electron chi connectivity index (χ0n) is 28.3. The van der Waals surface area contributed by atoms with Crippen molar-refractivity contribution in [3.05, 3.63) is 33.8 Å². The van der Waals surface area contributed by atoms with E-state index in [1.807, 2.05) is 19.9 Å². The van der Waals surface area contributed by atoms with E-state index in [2.05, 4.69) is 27.7 Å². The minimum atomic E-state index is -0.919. The van der Waals surface area contributed by atoms with Gasteiger partial charge in [0.05, 0.1) is 12.0 Å². The van der Waals surface area contributed by atoms with E-state index < -0.39 is 40.3 Å². The summed E-state index contributed by atoms with van der Waals surface area (Å²) in [6.45, 7) is 13.9. The van der Waals surface area contributed by atoms with Gasteiger partial charge in [0.2, 0.25) is 0 Å². The number of ketones is 1. The van der Waals surface area contributed by atoms with Crippen molar-refractivity contribution in [3.63, 3.8) is 0 Å². The molecule has 6 rings (SSSR count). The van der Waals surface area contributed by atoms with Crippen molar-refractivity contribution in [1.29, 1.82) is 0 Å². The van der Waals surface area contributed by atoms with E-state index in [0.29, 0.717) is 25.7 Å². The Morgan fingerprint density at radius 2 is 1.65 bits per heavy atom. The van der Waals surface area contributed by atoms with Crippen molar-refractivity contribution in [2.45, 2.75) is 119 Å². The maximum atomic E-state index is 14.6. The number of hydrogen-bond acceptors (Lipinski definition) is 9. The van der Waals surface area contributed by atoms with E-state index in [-0.39, 0.29) is 64.5 Å². The number of carboxylic acid groups (broad SMARTS) is 1. The monoisotopic (exact) mass is 642 g/mol. The van der Waals surface area contributed by atoms with Crippen LogP contribution in [0.1, 0.15) is 111 Å². The smallest absolute Gasteiger partial charge is 0.481 e. The molecule has 10 heteroatoms. The van der Waals surface area contributed by atoms with Gasteiger partial charge >= 0.3 is 17.9 Å². The Balaban J connectivity index is 1.29. The van der Waals surface area contributed by atoms with Crippen LogP contribution in [0.4, 0.5) is 4.79 Å². The van der Waals surface area contributed by atoms with E-state index in [0.717, 1.165) is 37.7 Å². The quantitative estimate of drug-likeness (QED) is 0.336. The van der Waals surface area contributed by atoms with Crippen molar-refractivity contribution in [3.8, 4) is 0 Å². The van der Waals surface area contributed by atoms with Crippen molar-refractivity contribution in [2.24, 2.45) is 50.2 Å². The fourth-order valence-corrected chi connectivity index (χ4v) is 11.4.